The van der Waals surface area contributed by atoms with E-state index in [-0.39, 0.29) is 12.3 Å². The number of ether oxygens (including phenoxy) is 1. The Hall–Kier alpha value is -3.66. The number of hydrogen-bond acceptors (Lipinski definition) is 5. The van der Waals surface area contributed by atoms with Crippen LogP contribution in [0.25, 0.3) is 6.08 Å². The minimum Gasteiger partial charge on any atom is -0.487 e. The topological polar surface area (TPSA) is 80.3 Å². The lowest BCUT2D eigenvalue weighted by atomic mass is 10.1. The Morgan fingerprint density at radius 2 is 1.91 bits per heavy atom. The molecule has 0 unspecified atom stereocenters. The van der Waals surface area contributed by atoms with Gasteiger partial charge in [0.25, 0.3) is 0 Å². The van der Waals surface area contributed by atoms with Gasteiger partial charge in [-0.15, -0.1) is 11.3 Å². The second kappa shape index (κ2) is 10.3. The largest absolute Gasteiger partial charge is 0.487 e. The van der Waals surface area contributed by atoms with Crippen LogP contribution in [0.5, 0.6) is 5.75 Å². The number of thiazole rings is 1. The van der Waals surface area contributed by atoms with Gasteiger partial charge >= 0.3 is 6.18 Å². The Bertz CT molecular complexity index is 1190. The number of alkyl halides is 3. The van der Waals surface area contributed by atoms with Crippen molar-refractivity contribution in [3.05, 3.63) is 75.7 Å². The Labute approximate surface area is 192 Å². The number of rotatable bonds is 7. The fraction of sp³-hybridized carbons (Fsp3) is 0.174. The fourth-order valence-electron chi connectivity index (χ4n) is 2.88. The van der Waals surface area contributed by atoms with Crippen molar-refractivity contribution in [3.8, 4) is 5.75 Å². The standard InChI is InChI=1S/C23H20F3N3O3S/c1-14(30)27-17-8-9-20(19(11-17)23(24,25)26)29-22(31)10-7-16-5-3-4-6-21(16)32-12-18-13-33-15(2)28-18/h3-11,13H,12H2,1-2H3,(H,27,30)(H,29,31)/b10-7+. The van der Waals surface area contributed by atoms with Crippen molar-refractivity contribution in [1.82, 2.24) is 4.98 Å². The summed E-state index contributed by atoms with van der Waals surface area (Å²) < 4.78 is 46.1. The Morgan fingerprint density at radius 3 is 2.58 bits per heavy atom. The van der Waals surface area contributed by atoms with E-state index in [2.05, 4.69) is 15.6 Å². The average Bonchev–Trinajstić information content (AvgIpc) is 3.16. The van der Waals surface area contributed by atoms with Crippen molar-refractivity contribution in [2.45, 2.75) is 26.6 Å². The van der Waals surface area contributed by atoms with Crippen LogP contribution >= 0.6 is 11.3 Å². The number of halogens is 3. The molecule has 10 heteroatoms. The van der Waals surface area contributed by atoms with Crippen LogP contribution in [0.1, 0.15) is 28.8 Å². The number of nitrogens with one attached hydrogen (secondary N) is 2. The molecule has 0 spiro atoms. The van der Waals surface area contributed by atoms with Crippen molar-refractivity contribution >= 4 is 40.6 Å². The maximum Gasteiger partial charge on any atom is 0.418 e. The highest BCUT2D eigenvalue weighted by Crippen LogP contribution is 2.36. The molecular formula is C23H20F3N3O3S. The molecule has 0 fully saturated rings. The molecule has 0 saturated carbocycles. The molecule has 0 aliphatic carbocycles. The van der Waals surface area contributed by atoms with Gasteiger partial charge in [0.1, 0.15) is 12.4 Å². The number of aromatic nitrogens is 1. The molecule has 1 heterocycles. The van der Waals surface area contributed by atoms with E-state index in [0.29, 0.717) is 11.3 Å². The number of anilines is 2. The van der Waals surface area contributed by atoms with Crippen molar-refractivity contribution < 1.29 is 27.5 Å². The van der Waals surface area contributed by atoms with E-state index in [1.165, 1.54) is 30.4 Å². The summed E-state index contributed by atoms with van der Waals surface area (Å²) in [5, 5.41) is 7.34. The zero-order chi connectivity index (χ0) is 24.0. The lowest BCUT2D eigenvalue weighted by Crippen LogP contribution is -2.16. The predicted molar refractivity (Wildman–Crippen MR) is 121 cm³/mol. The SMILES string of the molecule is CC(=O)Nc1ccc(NC(=O)/C=C/c2ccccc2OCc2csc(C)n2)c(C(F)(F)F)c1. The molecule has 0 saturated heterocycles. The third-order valence-electron chi connectivity index (χ3n) is 4.28. The van der Waals surface area contributed by atoms with E-state index in [1.54, 1.807) is 24.3 Å². The molecule has 0 radical (unpaired) electrons. The van der Waals surface area contributed by atoms with E-state index in [1.807, 2.05) is 12.3 Å². The van der Waals surface area contributed by atoms with Gasteiger partial charge in [-0.05, 0) is 37.3 Å². The van der Waals surface area contributed by atoms with Gasteiger partial charge in [-0.3, -0.25) is 9.59 Å². The number of hydrogen-bond donors (Lipinski definition) is 2. The van der Waals surface area contributed by atoms with Gasteiger partial charge in [0.2, 0.25) is 11.8 Å². The first kappa shape index (κ1) is 24.0. The number of carbonyl (C=O) groups is 2. The molecule has 0 bridgehead atoms. The van der Waals surface area contributed by atoms with E-state index in [4.69, 9.17) is 4.74 Å². The smallest absolute Gasteiger partial charge is 0.418 e. The second-order valence-corrected chi connectivity index (χ2v) is 8.01. The number of nitrogens with zero attached hydrogens (tertiary/aromatic N) is 1. The summed E-state index contributed by atoms with van der Waals surface area (Å²) in [4.78, 5) is 27.8. The Balaban J connectivity index is 1.73. The molecule has 0 aliphatic rings. The van der Waals surface area contributed by atoms with Crippen LogP contribution in [-0.4, -0.2) is 16.8 Å². The van der Waals surface area contributed by atoms with Crippen LogP contribution in [0.3, 0.4) is 0 Å². The van der Waals surface area contributed by atoms with E-state index >= 15 is 0 Å². The molecule has 2 aromatic carbocycles. The summed E-state index contributed by atoms with van der Waals surface area (Å²) in [7, 11) is 0. The van der Waals surface area contributed by atoms with Gasteiger partial charge in [0.05, 0.1) is 22.0 Å². The molecule has 1 aromatic heterocycles. The minimum atomic E-state index is -4.73. The monoisotopic (exact) mass is 475 g/mol. The molecule has 3 aromatic rings. The highest BCUT2D eigenvalue weighted by Gasteiger charge is 2.34. The molecular weight excluding hydrogens is 455 g/mol. The number of benzene rings is 2. The third-order valence-corrected chi connectivity index (χ3v) is 5.10. The summed E-state index contributed by atoms with van der Waals surface area (Å²) in [6, 6.07) is 10.1. The Kier molecular flexibility index (Phi) is 7.49. The first-order chi connectivity index (χ1) is 15.6. The predicted octanol–water partition coefficient (Wildman–Crippen LogP) is 5.66. The summed E-state index contributed by atoms with van der Waals surface area (Å²) in [5.74, 6) is -0.755. The number of aryl methyl sites for hydroxylation is 1. The summed E-state index contributed by atoms with van der Waals surface area (Å²) >= 11 is 1.51. The highest BCUT2D eigenvalue weighted by atomic mass is 32.1. The lowest BCUT2D eigenvalue weighted by Gasteiger charge is -2.15. The van der Waals surface area contributed by atoms with E-state index in [9.17, 15) is 22.8 Å². The molecule has 6 nitrogen and oxygen atoms in total. The molecule has 172 valence electrons. The Morgan fingerprint density at radius 1 is 1.15 bits per heavy atom. The van der Waals surface area contributed by atoms with E-state index < -0.39 is 29.2 Å². The van der Waals surface area contributed by atoms with Crippen LogP contribution < -0.4 is 15.4 Å². The molecule has 33 heavy (non-hydrogen) atoms. The summed E-state index contributed by atoms with van der Waals surface area (Å²) in [5.41, 5.74) is -0.162. The van der Waals surface area contributed by atoms with Crippen LogP contribution in [0.2, 0.25) is 0 Å². The van der Waals surface area contributed by atoms with Crippen molar-refractivity contribution in [2.24, 2.45) is 0 Å². The van der Waals surface area contributed by atoms with Crippen LogP contribution in [0.4, 0.5) is 24.5 Å². The van der Waals surface area contributed by atoms with Gasteiger partial charge in [0, 0.05) is 29.6 Å². The van der Waals surface area contributed by atoms with Crippen molar-refractivity contribution in [3.63, 3.8) is 0 Å². The molecule has 2 amide bonds. The second-order valence-electron chi connectivity index (χ2n) is 6.95. The van der Waals surface area contributed by atoms with Crippen LogP contribution in [-0.2, 0) is 22.4 Å². The first-order valence-corrected chi connectivity index (χ1v) is 10.6. The summed E-state index contributed by atoms with van der Waals surface area (Å²) in [6.07, 6.45) is -2.15. The number of carbonyl (C=O) groups excluding carboxylic acids is 2. The molecule has 0 atom stereocenters. The van der Waals surface area contributed by atoms with Gasteiger partial charge < -0.3 is 15.4 Å². The van der Waals surface area contributed by atoms with E-state index in [0.717, 1.165) is 28.9 Å². The third kappa shape index (κ3) is 6.91. The lowest BCUT2D eigenvalue weighted by molar-refractivity contribution is -0.137. The zero-order valence-electron chi connectivity index (χ0n) is 17.7. The van der Waals surface area contributed by atoms with Gasteiger partial charge in [0.15, 0.2) is 0 Å². The normalized spacial score (nSPS) is 11.4. The van der Waals surface area contributed by atoms with Gasteiger partial charge in [-0.25, -0.2) is 4.98 Å². The minimum absolute atomic E-state index is 0.0234. The summed E-state index contributed by atoms with van der Waals surface area (Å²) in [6.45, 7) is 3.32. The van der Waals surface area contributed by atoms with Gasteiger partial charge in [-0.2, -0.15) is 13.2 Å². The quantitative estimate of drug-likeness (QED) is 0.432. The maximum absolute atomic E-state index is 13.4. The maximum atomic E-state index is 13.4. The van der Waals surface area contributed by atoms with Crippen molar-refractivity contribution in [2.75, 3.05) is 10.6 Å². The van der Waals surface area contributed by atoms with Crippen molar-refractivity contribution in [1.29, 1.82) is 0 Å². The van der Waals surface area contributed by atoms with Crippen LogP contribution in [0.15, 0.2) is 53.9 Å². The number of para-hydroxylation sites is 1. The van der Waals surface area contributed by atoms with Crippen LogP contribution in [0, 0.1) is 6.92 Å². The zero-order valence-corrected chi connectivity index (χ0v) is 18.5. The molecule has 3 rings (SSSR count). The molecule has 2 N–H and O–H groups in total. The average molecular weight is 475 g/mol. The van der Waals surface area contributed by atoms with Gasteiger partial charge in [-0.1, -0.05) is 18.2 Å². The highest BCUT2D eigenvalue weighted by molar-refractivity contribution is 7.09. The number of amides is 2. The first-order valence-electron chi connectivity index (χ1n) is 9.72. The fourth-order valence-corrected chi connectivity index (χ4v) is 3.48. The molecule has 0 aliphatic heterocycles.